The Morgan fingerprint density at radius 1 is 1.18 bits per heavy atom. The van der Waals surface area contributed by atoms with Gasteiger partial charge in [0.05, 0.1) is 18.1 Å². The Balaban J connectivity index is 1.57. The lowest BCUT2D eigenvalue weighted by Crippen LogP contribution is -2.40. The van der Waals surface area contributed by atoms with Crippen LogP contribution >= 0.6 is 11.6 Å². The van der Waals surface area contributed by atoms with E-state index in [0.29, 0.717) is 23.8 Å². The molecule has 2 heterocycles. The highest BCUT2D eigenvalue weighted by atomic mass is 35.5. The van der Waals surface area contributed by atoms with Gasteiger partial charge < -0.3 is 14.2 Å². The number of hydrogen-bond acceptors (Lipinski definition) is 6. The molecular weight excluding hydrogens is 464 g/mol. The number of sulfone groups is 1. The zero-order valence-corrected chi connectivity index (χ0v) is 19.8. The first kappa shape index (κ1) is 23.3. The van der Waals surface area contributed by atoms with Crippen LogP contribution in [-0.4, -0.2) is 48.5 Å². The molecule has 0 bridgehead atoms. The predicted molar refractivity (Wildman–Crippen MR) is 126 cm³/mol. The Labute approximate surface area is 198 Å². The molecule has 4 rings (SSSR count). The second-order valence-corrected chi connectivity index (χ2v) is 10.7. The molecule has 1 fully saturated rings. The van der Waals surface area contributed by atoms with Gasteiger partial charge >= 0.3 is 0 Å². The molecule has 174 valence electrons. The fourth-order valence-corrected chi connectivity index (χ4v) is 5.63. The summed E-state index contributed by atoms with van der Waals surface area (Å²) in [6, 6.07) is 15.6. The number of carbonyl (C=O) groups excluding carboxylic acids is 1. The van der Waals surface area contributed by atoms with E-state index in [1.165, 1.54) is 0 Å². The highest BCUT2D eigenvalue weighted by Gasteiger charge is 2.36. The van der Waals surface area contributed by atoms with Crippen LogP contribution in [-0.2, 0) is 16.4 Å². The molecule has 1 amide bonds. The van der Waals surface area contributed by atoms with Gasteiger partial charge in [0.15, 0.2) is 21.3 Å². The minimum atomic E-state index is -3.18. The van der Waals surface area contributed by atoms with Crippen molar-refractivity contribution >= 4 is 27.3 Å². The summed E-state index contributed by atoms with van der Waals surface area (Å²) in [5.41, 5.74) is 1.74. The number of aromatic nitrogens is 1. The molecule has 0 aliphatic carbocycles. The fourth-order valence-electron chi connectivity index (χ4n) is 3.77. The van der Waals surface area contributed by atoms with Gasteiger partial charge in [0, 0.05) is 29.2 Å². The van der Waals surface area contributed by atoms with Gasteiger partial charge in [-0.1, -0.05) is 35.8 Å². The SMILES string of the molecule is CCCOc1ccc(CN(C(=O)c2cc(-c3ccc(Cl)cc3)on2)C2CCS(=O)(=O)C2)cc1. The Kier molecular flexibility index (Phi) is 7.05. The van der Waals surface area contributed by atoms with Gasteiger partial charge in [0.1, 0.15) is 5.75 Å². The molecule has 33 heavy (non-hydrogen) atoms. The number of nitrogens with zero attached hydrogens (tertiary/aromatic N) is 2. The van der Waals surface area contributed by atoms with Crippen LogP contribution in [0.25, 0.3) is 11.3 Å². The molecule has 0 spiro atoms. The van der Waals surface area contributed by atoms with E-state index < -0.39 is 15.9 Å². The molecule has 1 aliphatic rings. The molecule has 0 saturated carbocycles. The average Bonchev–Trinajstić information content (AvgIpc) is 3.43. The van der Waals surface area contributed by atoms with Gasteiger partial charge in [-0.05, 0) is 54.8 Å². The van der Waals surface area contributed by atoms with Crippen molar-refractivity contribution < 1.29 is 22.5 Å². The van der Waals surface area contributed by atoms with Crippen molar-refractivity contribution in [2.24, 2.45) is 0 Å². The molecule has 3 aromatic rings. The Hall–Kier alpha value is -2.84. The number of hydrogen-bond donors (Lipinski definition) is 0. The molecule has 1 unspecified atom stereocenters. The zero-order valence-electron chi connectivity index (χ0n) is 18.2. The minimum Gasteiger partial charge on any atom is -0.494 e. The van der Waals surface area contributed by atoms with Crippen molar-refractivity contribution in [3.63, 3.8) is 0 Å². The van der Waals surface area contributed by atoms with E-state index in [9.17, 15) is 13.2 Å². The van der Waals surface area contributed by atoms with Gasteiger partial charge in [-0.3, -0.25) is 4.79 Å². The fraction of sp³-hybridized carbons (Fsp3) is 0.333. The summed E-state index contributed by atoms with van der Waals surface area (Å²) in [5.74, 6) is 0.836. The Morgan fingerprint density at radius 2 is 1.91 bits per heavy atom. The van der Waals surface area contributed by atoms with Crippen LogP contribution in [0.5, 0.6) is 5.75 Å². The average molecular weight is 489 g/mol. The summed E-state index contributed by atoms with van der Waals surface area (Å²) in [6.45, 7) is 2.93. The van der Waals surface area contributed by atoms with Crippen molar-refractivity contribution in [3.05, 3.63) is 70.9 Å². The lowest BCUT2D eigenvalue weighted by molar-refractivity contribution is 0.0670. The maximum atomic E-state index is 13.4. The van der Waals surface area contributed by atoms with Crippen LogP contribution in [0, 0.1) is 0 Å². The largest absolute Gasteiger partial charge is 0.494 e. The molecule has 7 nitrogen and oxygen atoms in total. The molecule has 9 heteroatoms. The van der Waals surface area contributed by atoms with Gasteiger partial charge in [-0.15, -0.1) is 0 Å². The third-order valence-corrected chi connectivity index (χ3v) is 7.52. The molecule has 0 N–H and O–H groups in total. The summed E-state index contributed by atoms with van der Waals surface area (Å²) in [7, 11) is -3.18. The second kappa shape index (κ2) is 9.97. The molecule has 0 radical (unpaired) electrons. The Morgan fingerprint density at radius 3 is 2.55 bits per heavy atom. The van der Waals surface area contributed by atoms with Crippen molar-refractivity contribution in [2.45, 2.75) is 32.4 Å². The van der Waals surface area contributed by atoms with E-state index in [-0.39, 0.29) is 29.7 Å². The summed E-state index contributed by atoms with van der Waals surface area (Å²) < 4.78 is 35.3. The summed E-state index contributed by atoms with van der Waals surface area (Å²) in [6.07, 6.45) is 1.31. The van der Waals surface area contributed by atoms with Crippen molar-refractivity contribution in [3.8, 4) is 17.1 Å². The van der Waals surface area contributed by atoms with Gasteiger partial charge in [-0.2, -0.15) is 0 Å². The molecular formula is C24H25ClN2O5S. The summed E-state index contributed by atoms with van der Waals surface area (Å²) in [4.78, 5) is 15.0. The molecule has 2 aromatic carbocycles. The Bertz CT molecular complexity index is 1210. The lowest BCUT2D eigenvalue weighted by atomic mass is 10.1. The third kappa shape index (κ3) is 5.75. The molecule has 1 aliphatic heterocycles. The second-order valence-electron chi connectivity index (χ2n) is 8.07. The van der Waals surface area contributed by atoms with E-state index in [1.807, 2.05) is 31.2 Å². The smallest absolute Gasteiger partial charge is 0.276 e. The molecule has 1 atom stereocenters. The quantitative estimate of drug-likeness (QED) is 0.460. The van der Waals surface area contributed by atoms with E-state index in [1.54, 1.807) is 35.2 Å². The van der Waals surface area contributed by atoms with Crippen LogP contribution in [0.2, 0.25) is 5.02 Å². The predicted octanol–water partition coefficient (Wildman–Crippen LogP) is 4.61. The number of benzene rings is 2. The standard InChI is InChI=1S/C24H25ClN2O5S/c1-2-12-31-21-9-3-17(4-10-21)15-27(20-11-13-33(29,30)16-20)24(28)22-14-23(32-26-22)18-5-7-19(25)8-6-18/h3-10,14,20H,2,11-13,15-16H2,1H3. The number of rotatable bonds is 8. The highest BCUT2D eigenvalue weighted by molar-refractivity contribution is 7.91. The summed E-state index contributed by atoms with van der Waals surface area (Å²) in [5, 5.41) is 4.56. The van der Waals surface area contributed by atoms with E-state index in [4.69, 9.17) is 20.9 Å². The molecule has 1 aromatic heterocycles. The van der Waals surface area contributed by atoms with Crippen molar-refractivity contribution in [2.75, 3.05) is 18.1 Å². The monoisotopic (exact) mass is 488 g/mol. The van der Waals surface area contributed by atoms with Gasteiger partial charge in [0.25, 0.3) is 5.91 Å². The number of carbonyl (C=O) groups is 1. The van der Waals surface area contributed by atoms with Gasteiger partial charge in [0.2, 0.25) is 0 Å². The summed E-state index contributed by atoms with van der Waals surface area (Å²) >= 11 is 5.94. The number of halogens is 1. The highest BCUT2D eigenvalue weighted by Crippen LogP contribution is 2.26. The van der Waals surface area contributed by atoms with E-state index in [2.05, 4.69) is 5.16 Å². The number of ether oxygens (including phenoxy) is 1. The van der Waals surface area contributed by atoms with Crippen LogP contribution in [0.1, 0.15) is 35.8 Å². The van der Waals surface area contributed by atoms with Crippen LogP contribution in [0.3, 0.4) is 0 Å². The first-order valence-corrected chi connectivity index (χ1v) is 13.0. The first-order valence-electron chi connectivity index (χ1n) is 10.8. The first-order chi connectivity index (χ1) is 15.8. The maximum Gasteiger partial charge on any atom is 0.276 e. The van der Waals surface area contributed by atoms with Crippen molar-refractivity contribution in [1.29, 1.82) is 0 Å². The van der Waals surface area contributed by atoms with Crippen LogP contribution in [0.4, 0.5) is 0 Å². The normalized spacial score (nSPS) is 17.1. The minimum absolute atomic E-state index is 0.0572. The van der Waals surface area contributed by atoms with Gasteiger partial charge in [-0.25, -0.2) is 8.42 Å². The zero-order chi connectivity index (χ0) is 23.4. The van der Waals surface area contributed by atoms with Crippen molar-refractivity contribution in [1.82, 2.24) is 10.1 Å². The van der Waals surface area contributed by atoms with E-state index in [0.717, 1.165) is 23.3 Å². The maximum absolute atomic E-state index is 13.4. The third-order valence-electron chi connectivity index (χ3n) is 5.52. The molecule has 1 saturated heterocycles. The van der Waals surface area contributed by atoms with E-state index >= 15 is 0 Å². The van der Waals surface area contributed by atoms with Crippen LogP contribution < -0.4 is 4.74 Å². The number of amides is 1. The topological polar surface area (TPSA) is 89.7 Å². The lowest BCUT2D eigenvalue weighted by Gasteiger charge is -2.27. The van der Waals surface area contributed by atoms with Crippen LogP contribution in [0.15, 0.2) is 59.1 Å².